The summed E-state index contributed by atoms with van der Waals surface area (Å²) in [5.74, 6) is 2.74. The third kappa shape index (κ3) is 5.62. The Morgan fingerprint density at radius 3 is 2.28 bits per heavy atom. The summed E-state index contributed by atoms with van der Waals surface area (Å²) in [7, 11) is -1.89. The van der Waals surface area contributed by atoms with Crippen LogP contribution in [0.1, 0.15) is 45.6 Å². The molecule has 0 bridgehead atoms. The molecule has 0 aliphatic carbocycles. The van der Waals surface area contributed by atoms with Gasteiger partial charge in [-0.25, -0.2) is 0 Å². The Morgan fingerprint density at radius 1 is 1.28 bits per heavy atom. The Balaban J connectivity index is 2.98. The second-order valence-electron chi connectivity index (χ2n) is 7.72. The van der Waals surface area contributed by atoms with Crippen molar-refractivity contribution in [3.05, 3.63) is 29.8 Å². The summed E-state index contributed by atoms with van der Waals surface area (Å²) in [6.07, 6.45) is 5.84. The highest BCUT2D eigenvalue weighted by molar-refractivity contribution is 6.74. The molecule has 0 saturated carbocycles. The molecule has 2 unspecified atom stereocenters. The summed E-state index contributed by atoms with van der Waals surface area (Å²) in [5, 5.41) is 0.129. The van der Waals surface area contributed by atoms with Gasteiger partial charge in [0, 0.05) is 12.3 Å². The minimum absolute atomic E-state index is 0.129. The van der Waals surface area contributed by atoms with Crippen molar-refractivity contribution >= 4 is 14.3 Å². The van der Waals surface area contributed by atoms with Gasteiger partial charge in [-0.05, 0) is 42.8 Å². The fourth-order valence-corrected chi connectivity index (χ4v) is 3.24. The minimum atomic E-state index is -1.89. The molecule has 0 aliphatic rings. The molecule has 0 spiro atoms. The zero-order valence-electron chi connectivity index (χ0n) is 16.3. The van der Waals surface area contributed by atoms with Crippen molar-refractivity contribution in [1.29, 1.82) is 0 Å². The molecule has 25 heavy (non-hydrogen) atoms. The maximum absolute atomic E-state index is 12.0. The molecule has 1 aromatic rings. The zero-order chi connectivity index (χ0) is 19.3. The van der Waals surface area contributed by atoms with Crippen molar-refractivity contribution in [1.82, 2.24) is 0 Å². The number of benzene rings is 1. The number of hydrogen-bond acceptors (Lipinski definition) is 4. The third-order valence-electron chi connectivity index (χ3n) is 4.82. The predicted molar refractivity (Wildman–Crippen MR) is 105 cm³/mol. The Hall–Kier alpha value is -1.77. The fraction of sp³-hybridized carbons (Fsp3) is 0.550. The van der Waals surface area contributed by atoms with Crippen molar-refractivity contribution in [3.8, 4) is 18.1 Å². The normalized spacial score (nSPS) is 14.3. The molecular weight excluding hydrogens is 330 g/mol. The first-order valence-electron chi connectivity index (χ1n) is 8.68. The van der Waals surface area contributed by atoms with Crippen LogP contribution in [0.4, 0.5) is 0 Å². The molecule has 0 radical (unpaired) electrons. The van der Waals surface area contributed by atoms with Gasteiger partial charge in [0.15, 0.2) is 0 Å². The highest BCUT2D eigenvalue weighted by Crippen LogP contribution is 2.37. The summed E-state index contributed by atoms with van der Waals surface area (Å²) in [6.45, 7) is 13.1. The van der Waals surface area contributed by atoms with Gasteiger partial charge in [0.05, 0.1) is 6.61 Å². The lowest BCUT2D eigenvalue weighted by Crippen LogP contribution is -2.43. The topological polar surface area (TPSA) is 61.5 Å². The predicted octanol–water partition coefficient (Wildman–Crippen LogP) is 4.07. The molecule has 2 atom stereocenters. The number of ether oxygens (including phenoxy) is 1. The minimum Gasteiger partial charge on any atom is -0.544 e. The van der Waals surface area contributed by atoms with Crippen molar-refractivity contribution in [2.24, 2.45) is 5.73 Å². The second-order valence-corrected chi connectivity index (χ2v) is 12.4. The fourth-order valence-electron chi connectivity index (χ4n) is 2.21. The van der Waals surface area contributed by atoms with Gasteiger partial charge in [-0.3, -0.25) is 4.79 Å². The summed E-state index contributed by atoms with van der Waals surface area (Å²) < 4.78 is 11.3. The molecule has 0 fully saturated rings. The molecule has 138 valence electrons. The molecule has 0 amide bonds. The Labute approximate surface area is 153 Å². The van der Waals surface area contributed by atoms with E-state index in [4.69, 9.17) is 21.3 Å². The van der Waals surface area contributed by atoms with E-state index in [9.17, 15) is 4.79 Å². The number of carbonyl (C=O) groups is 1. The SMILES string of the molecule is C#CCC(c1ccc(O[Si](C)(C)C(C)(C)C)cc1)C(N)C(=O)OCC. The molecule has 0 aromatic heterocycles. The van der Waals surface area contributed by atoms with E-state index in [1.165, 1.54) is 0 Å². The van der Waals surface area contributed by atoms with Gasteiger partial charge >= 0.3 is 5.97 Å². The van der Waals surface area contributed by atoms with Crippen molar-refractivity contribution in [3.63, 3.8) is 0 Å². The summed E-state index contributed by atoms with van der Waals surface area (Å²) in [5.41, 5.74) is 6.99. The first-order valence-corrected chi connectivity index (χ1v) is 11.6. The van der Waals surface area contributed by atoms with Gasteiger partial charge in [0.2, 0.25) is 8.32 Å². The Kier molecular flexibility index (Phi) is 7.27. The smallest absolute Gasteiger partial charge is 0.323 e. The molecule has 2 N–H and O–H groups in total. The summed E-state index contributed by atoms with van der Waals surface area (Å²) in [4.78, 5) is 12.0. The van der Waals surface area contributed by atoms with Crippen LogP contribution in [0.15, 0.2) is 24.3 Å². The number of rotatable bonds is 7. The van der Waals surface area contributed by atoms with E-state index in [-0.39, 0.29) is 11.0 Å². The summed E-state index contributed by atoms with van der Waals surface area (Å²) >= 11 is 0. The zero-order valence-corrected chi connectivity index (χ0v) is 17.3. The Morgan fingerprint density at radius 2 is 1.84 bits per heavy atom. The molecule has 0 aliphatic heterocycles. The highest BCUT2D eigenvalue weighted by atomic mass is 28.4. The number of nitrogens with two attached hydrogens (primary N) is 1. The van der Waals surface area contributed by atoms with Crippen LogP contribution >= 0.6 is 0 Å². The monoisotopic (exact) mass is 361 g/mol. The van der Waals surface area contributed by atoms with E-state index >= 15 is 0 Å². The van der Waals surface area contributed by atoms with Crippen molar-refractivity contribution in [2.45, 2.75) is 64.2 Å². The molecule has 4 nitrogen and oxygen atoms in total. The van der Waals surface area contributed by atoms with Gasteiger partial charge < -0.3 is 14.9 Å². The average Bonchev–Trinajstić information content (AvgIpc) is 2.51. The van der Waals surface area contributed by atoms with E-state index < -0.39 is 20.3 Å². The van der Waals surface area contributed by atoms with Gasteiger partial charge in [-0.2, -0.15) is 0 Å². The van der Waals surface area contributed by atoms with Crippen LogP contribution in [0.5, 0.6) is 5.75 Å². The highest BCUT2D eigenvalue weighted by Gasteiger charge is 2.39. The van der Waals surface area contributed by atoms with Gasteiger partial charge in [0.1, 0.15) is 11.8 Å². The van der Waals surface area contributed by atoms with E-state index in [1.807, 2.05) is 24.3 Å². The maximum atomic E-state index is 12.0. The van der Waals surface area contributed by atoms with Crippen LogP contribution < -0.4 is 10.2 Å². The van der Waals surface area contributed by atoms with Gasteiger partial charge in [-0.15, -0.1) is 12.3 Å². The van der Waals surface area contributed by atoms with Gasteiger partial charge in [-0.1, -0.05) is 32.9 Å². The van der Waals surface area contributed by atoms with E-state index in [0.717, 1.165) is 11.3 Å². The van der Waals surface area contributed by atoms with E-state index in [0.29, 0.717) is 13.0 Å². The molecule has 5 heteroatoms. The van der Waals surface area contributed by atoms with Crippen LogP contribution in [0, 0.1) is 12.3 Å². The molecule has 0 heterocycles. The molecule has 0 saturated heterocycles. The standard InChI is InChI=1S/C20H31NO3Si/c1-8-10-17(18(21)19(22)23-9-2)15-11-13-16(14-12-15)24-25(6,7)20(3,4)5/h1,11-14,17-18H,9-10,21H2,2-7H3. The van der Waals surface area contributed by atoms with E-state index in [2.05, 4.69) is 39.8 Å². The number of terminal acetylenes is 1. The second kappa shape index (κ2) is 8.55. The average molecular weight is 362 g/mol. The third-order valence-corrected chi connectivity index (χ3v) is 9.18. The van der Waals surface area contributed by atoms with Gasteiger partial charge in [0.25, 0.3) is 0 Å². The largest absolute Gasteiger partial charge is 0.544 e. The quantitative estimate of drug-likeness (QED) is 0.452. The Bertz CT molecular complexity index is 611. The maximum Gasteiger partial charge on any atom is 0.323 e. The molecule has 1 aromatic carbocycles. The summed E-state index contributed by atoms with van der Waals surface area (Å²) in [6, 6.07) is 6.95. The lowest BCUT2D eigenvalue weighted by molar-refractivity contribution is -0.145. The van der Waals surface area contributed by atoms with Crippen LogP contribution in [0.2, 0.25) is 18.1 Å². The number of esters is 1. The lowest BCUT2D eigenvalue weighted by Gasteiger charge is -2.36. The molecule has 1 rings (SSSR count). The first kappa shape index (κ1) is 21.3. The van der Waals surface area contributed by atoms with Crippen LogP contribution in [-0.2, 0) is 9.53 Å². The number of carbonyl (C=O) groups excluding carboxylic acids is 1. The van der Waals surface area contributed by atoms with Crippen LogP contribution in [-0.4, -0.2) is 26.9 Å². The van der Waals surface area contributed by atoms with Crippen LogP contribution in [0.25, 0.3) is 0 Å². The van der Waals surface area contributed by atoms with Crippen molar-refractivity contribution in [2.75, 3.05) is 6.61 Å². The number of hydrogen-bond donors (Lipinski definition) is 1. The molecular formula is C20H31NO3Si. The van der Waals surface area contributed by atoms with Crippen molar-refractivity contribution < 1.29 is 14.0 Å². The van der Waals surface area contributed by atoms with Crippen LogP contribution in [0.3, 0.4) is 0 Å². The lowest BCUT2D eigenvalue weighted by atomic mass is 9.89. The first-order chi connectivity index (χ1) is 11.5. The van der Waals surface area contributed by atoms with E-state index in [1.54, 1.807) is 6.92 Å².